The lowest BCUT2D eigenvalue weighted by Gasteiger charge is -2.18. The first-order valence-electron chi connectivity index (χ1n) is 7.27. The van der Waals surface area contributed by atoms with Gasteiger partial charge in [0.05, 0.1) is 6.61 Å². The van der Waals surface area contributed by atoms with Crippen molar-refractivity contribution in [3.05, 3.63) is 29.3 Å². The van der Waals surface area contributed by atoms with Crippen LogP contribution in [0, 0.1) is 6.92 Å². The molecular formula is C16H26N2O2. The zero-order valence-corrected chi connectivity index (χ0v) is 13.0. The van der Waals surface area contributed by atoms with E-state index in [1.54, 1.807) is 4.90 Å². The molecule has 1 aromatic carbocycles. The van der Waals surface area contributed by atoms with Crippen LogP contribution in [0.4, 0.5) is 5.69 Å². The van der Waals surface area contributed by atoms with E-state index in [9.17, 15) is 4.79 Å². The van der Waals surface area contributed by atoms with Crippen LogP contribution in [-0.2, 0) is 4.74 Å². The molecule has 20 heavy (non-hydrogen) atoms. The summed E-state index contributed by atoms with van der Waals surface area (Å²) < 4.78 is 5.28. The van der Waals surface area contributed by atoms with Gasteiger partial charge in [-0.25, -0.2) is 0 Å². The smallest absolute Gasteiger partial charge is 0.253 e. The predicted molar refractivity (Wildman–Crippen MR) is 83.4 cm³/mol. The number of carbonyl (C=O) groups excluding carboxylic acids is 1. The highest BCUT2D eigenvalue weighted by Gasteiger charge is 2.14. The van der Waals surface area contributed by atoms with Crippen molar-refractivity contribution in [3.63, 3.8) is 0 Å². The maximum absolute atomic E-state index is 12.3. The van der Waals surface area contributed by atoms with Crippen molar-refractivity contribution in [1.29, 1.82) is 0 Å². The lowest BCUT2D eigenvalue weighted by atomic mass is 10.1. The molecule has 4 nitrogen and oxygen atoms in total. The van der Waals surface area contributed by atoms with Gasteiger partial charge in [-0.2, -0.15) is 0 Å². The summed E-state index contributed by atoms with van der Waals surface area (Å²) in [6.45, 7) is 8.87. The second-order valence-electron chi connectivity index (χ2n) is 4.88. The number of nitrogens with one attached hydrogen (secondary N) is 1. The molecule has 112 valence electrons. The summed E-state index contributed by atoms with van der Waals surface area (Å²) in [5.41, 5.74) is 2.82. The number of nitrogens with zero attached hydrogens (tertiary/aromatic N) is 1. The molecule has 0 aliphatic heterocycles. The molecule has 0 aliphatic carbocycles. The van der Waals surface area contributed by atoms with E-state index in [2.05, 4.69) is 12.2 Å². The average Bonchev–Trinajstić information content (AvgIpc) is 2.44. The van der Waals surface area contributed by atoms with Gasteiger partial charge in [0.1, 0.15) is 0 Å². The Hall–Kier alpha value is -1.55. The Kier molecular flexibility index (Phi) is 7.09. The molecule has 1 amide bonds. The van der Waals surface area contributed by atoms with Crippen molar-refractivity contribution < 1.29 is 9.53 Å². The van der Waals surface area contributed by atoms with Crippen LogP contribution in [0.3, 0.4) is 0 Å². The number of amides is 1. The molecule has 1 rings (SSSR count). The van der Waals surface area contributed by atoms with Gasteiger partial charge in [0.15, 0.2) is 0 Å². The van der Waals surface area contributed by atoms with Crippen LogP contribution in [0.5, 0.6) is 0 Å². The van der Waals surface area contributed by atoms with Crippen molar-refractivity contribution in [2.45, 2.75) is 27.2 Å². The fourth-order valence-corrected chi connectivity index (χ4v) is 1.94. The summed E-state index contributed by atoms with van der Waals surface area (Å²) in [5.74, 6) is 0.0456. The van der Waals surface area contributed by atoms with E-state index in [0.717, 1.165) is 29.8 Å². The third kappa shape index (κ3) is 4.85. The van der Waals surface area contributed by atoms with E-state index < -0.39 is 0 Å². The van der Waals surface area contributed by atoms with Crippen LogP contribution in [0.2, 0.25) is 0 Å². The Bertz CT molecular complexity index is 432. The molecular weight excluding hydrogens is 252 g/mol. The molecule has 1 aromatic rings. The van der Waals surface area contributed by atoms with Gasteiger partial charge in [-0.3, -0.25) is 4.79 Å². The molecule has 0 bridgehead atoms. The van der Waals surface area contributed by atoms with E-state index in [1.165, 1.54) is 0 Å². The minimum Gasteiger partial charge on any atom is -0.385 e. The number of carbonyl (C=O) groups is 1. The second-order valence-corrected chi connectivity index (χ2v) is 4.88. The minimum absolute atomic E-state index is 0.0456. The molecule has 0 spiro atoms. The number of ether oxygens (including phenoxy) is 1. The van der Waals surface area contributed by atoms with E-state index in [1.807, 2.05) is 39.1 Å². The molecule has 0 radical (unpaired) electrons. The SMILES string of the molecule is CCCNc1ccc(C(=O)N(C)CCOCC)c(C)c1. The van der Waals surface area contributed by atoms with Crippen LogP contribution < -0.4 is 5.32 Å². The fraction of sp³-hybridized carbons (Fsp3) is 0.562. The van der Waals surface area contributed by atoms with E-state index in [-0.39, 0.29) is 5.91 Å². The number of aryl methyl sites for hydroxylation is 1. The minimum atomic E-state index is 0.0456. The van der Waals surface area contributed by atoms with Gasteiger partial charge in [0.25, 0.3) is 5.91 Å². The van der Waals surface area contributed by atoms with E-state index in [4.69, 9.17) is 4.74 Å². The molecule has 1 N–H and O–H groups in total. The third-order valence-electron chi connectivity index (χ3n) is 3.16. The van der Waals surface area contributed by atoms with Crippen molar-refractivity contribution in [3.8, 4) is 0 Å². The van der Waals surface area contributed by atoms with Crippen LogP contribution in [0.1, 0.15) is 36.2 Å². The van der Waals surface area contributed by atoms with Gasteiger partial charge in [0, 0.05) is 38.0 Å². The predicted octanol–water partition coefficient (Wildman–Crippen LogP) is 2.93. The van der Waals surface area contributed by atoms with E-state index >= 15 is 0 Å². The monoisotopic (exact) mass is 278 g/mol. The first-order chi connectivity index (χ1) is 9.60. The molecule has 0 atom stereocenters. The maximum atomic E-state index is 12.3. The van der Waals surface area contributed by atoms with Gasteiger partial charge < -0.3 is 15.0 Å². The standard InChI is InChI=1S/C16H26N2O2/c1-5-9-17-14-7-8-15(13(3)12-14)16(19)18(4)10-11-20-6-2/h7-8,12,17H,5-6,9-11H2,1-4H3. The van der Waals surface area contributed by atoms with Gasteiger partial charge in [0.2, 0.25) is 0 Å². The average molecular weight is 278 g/mol. The summed E-state index contributed by atoms with van der Waals surface area (Å²) in [6.07, 6.45) is 1.08. The molecule has 0 aliphatic rings. The van der Waals surface area contributed by atoms with Crippen LogP contribution >= 0.6 is 0 Å². The largest absolute Gasteiger partial charge is 0.385 e. The highest BCUT2D eigenvalue weighted by molar-refractivity contribution is 5.95. The number of anilines is 1. The summed E-state index contributed by atoms with van der Waals surface area (Å²) in [4.78, 5) is 14.0. The quantitative estimate of drug-likeness (QED) is 0.743. The Labute approximate surface area is 122 Å². The number of likely N-dealkylation sites (N-methyl/N-ethyl adjacent to an activating group) is 1. The lowest BCUT2D eigenvalue weighted by molar-refractivity contribution is 0.0709. The highest BCUT2D eigenvalue weighted by Crippen LogP contribution is 2.16. The Morgan fingerprint density at radius 2 is 2.10 bits per heavy atom. The van der Waals surface area contributed by atoms with Gasteiger partial charge >= 0.3 is 0 Å². The fourth-order valence-electron chi connectivity index (χ4n) is 1.94. The van der Waals surface area contributed by atoms with Crippen molar-refractivity contribution in [1.82, 2.24) is 4.90 Å². The van der Waals surface area contributed by atoms with Crippen LogP contribution in [0.15, 0.2) is 18.2 Å². The molecule has 0 heterocycles. The summed E-state index contributed by atoms with van der Waals surface area (Å²) in [6, 6.07) is 5.89. The molecule has 0 fully saturated rings. The van der Waals surface area contributed by atoms with Crippen molar-refractivity contribution >= 4 is 11.6 Å². The van der Waals surface area contributed by atoms with E-state index in [0.29, 0.717) is 19.8 Å². The summed E-state index contributed by atoms with van der Waals surface area (Å²) in [7, 11) is 1.81. The topological polar surface area (TPSA) is 41.6 Å². The first-order valence-corrected chi connectivity index (χ1v) is 7.27. The molecule has 0 saturated heterocycles. The zero-order valence-electron chi connectivity index (χ0n) is 13.0. The highest BCUT2D eigenvalue weighted by atomic mass is 16.5. The van der Waals surface area contributed by atoms with Gasteiger partial charge in [-0.1, -0.05) is 6.92 Å². The number of hydrogen-bond acceptors (Lipinski definition) is 3. The molecule has 0 unspecified atom stereocenters. The maximum Gasteiger partial charge on any atom is 0.253 e. The van der Waals surface area contributed by atoms with Crippen molar-refractivity contribution in [2.24, 2.45) is 0 Å². The Morgan fingerprint density at radius 1 is 1.35 bits per heavy atom. The summed E-state index contributed by atoms with van der Waals surface area (Å²) >= 11 is 0. The zero-order chi connectivity index (χ0) is 15.0. The normalized spacial score (nSPS) is 10.4. The van der Waals surface area contributed by atoms with Crippen LogP contribution in [0.25, 0.3) is 0 Å². The van der Waals surface area contributed by atoms with Gasteiger partial charge in [-0.05, 0) is 44.0 Å². The summed E-state index contributed by atoms with van der Waals surface area (Å²) in [5, 5.41) is 3.33. The third-order valence-corrected chi connectivity index (χ3v) is 3.16. The Morgan fingerprint density at radius 3 is 2.70 bits per heavy atom. The first kappa shape index (κ1) is 16.5. The van der Waals surface area contributed by atoms with Crippen molar-refractivity contribution in [2.75, 3.05) is 38.7 Å². The van der Waals surface area contributed by atoms with Crippen LogP contribution in [-0.4, -0.2) is 44.2 Å². The lowest BCUT2D eigenvalue weighted by Crippen LogP contribution is -2.30. The number of benzene rings is 1. The number of rotatable bonds is 8. The van der Waals surface area contributed by atoms with Gasteiger partial charge in [-0.15, -0.1) is 0 Å². The molecule has 0 aromatic heterocycles. The second kappa shape index (κ2) is 8.59. The Balaban J connectivity index is 2.68. The number of hydrogen-bond donors (Lipinski definition) is 1. The molecule has 4 heteroatoms. The molecule has 0 saturated carbocycles.